The van der Waals surface area contributed by atoms with Crippen LogP contribution in [0.15, 0.2) is 64.9 Å². The van der Waals surface area contributed by atoms with Gasteiger partial charge >= 0.3 is 0 Å². The summed E-state index contributed by atoms with van der Waals surface area (Å²) < 4.78 is 17.0. The van der Waals surface area contributed by atoms with Crippen LogP contribution in [-0.4, -0.2) is 43.0 Å². The van der Waals surface area contributed by atoms with Crippen LogP contribution in [0.4, 0.5) is 0 Å². The Kier molecular flexibility index (Phi) is 5.93. The van der Waals surface area contributed by atoms with Gasteiger partial charge in [0.2, 0.25) is 0 Å². The van der Waals surface area contributed by atoms with Crippen LogP contribution >= 0.6 is 0 Å². The van der Waals surface area contributed by atoms with E-state index in [9.17, 15) is 4.79 Å². The normalized spacial score (nSPS) is 16.3. The van der Waals surface area contributed by atoms with Crippen LogP contribution in [0.25, 0.3) is 6.08 Å². The first kappa shape index (κ1) is 21.2. The summed E-state index contributed by atoms with van der Waals surface area (Å²) in [5.41, 5.74) is 1.85. The fraction of sp³-hybridized carbons (Fsp3) is 0.208. The summed E-state index contributed by atoms with van der Waals surface area (Å²) in [6.07, 6.45) is 3.19. The standard InChI is InChI=1S/C24H23N3O5/c1-15-6-4-5-7-19(15)30-10-11-31-20-9-8-17(14-21(20)29-3)13-18-23(25)27-22(26-24(18)28)12-16(2)32-27/h4-9,12-14,25H,10-11H2,1-3H3/b18-13+,25-23?. The van der Waals surface area contributed by atoms with Crippen molar-refractivity contribution in [1.82, 2.24) is 5.06 Å². The molecule has 8 heteroatoms. The average Bonchev–Trinajstić information content (AvgIpc) is 3.16. The number of methoxy groups -OCH3 is 1. The van der Waals surface area contributed by atoms with Crippen molar-refractivity contribution in [3.05, 3.63) is 71.0 Å². The number of allylic oxidation sites excluding steroid dienone is 1. The Labute approximate surface area is 185 Å². The molecule has 0 saturated heterocycles. The Morgan fingerprint density at radius 2 is 1.81 bits per heavy atom. The molecule has 0 spiro atoms. The number of aryl methyl sites for hydroxylation is 1. The van der Waals surface area contributed by atoms with Gasteiger partial charge in [0.25, 0.3) is 5.91 Å². The number of fused-ring (bicyclic) bond motifs is 1. The topological polar surface area (TPSA) is 93.4 Å². The number of hydrogen-bond donors (Lipinski definition) is 1. The van der Waals surface area contributed by atoms with Crippen molar-refractivity contribution in [3.63, 3.8) is 0 Å². The monoisotopic (exact) mass is 433 g/mol. The number of amides is 1. The number of ether oxygens (including phenoxy) is 3. The molecule has 8 nitrogen and oxygen atoms in total. The third-order valence-electron chi connectivity index (χ3n) is 4.87. The van der Waals surface area contributed by atoms with Gasteiger partial charge in [0.1, 0.15) is 24.7 Å². The number of nitrogens with one attached hydrogen (secondary N) is 1. The molecule has 1 N–H and O–H groups in total. The van der Waals surface area contributed by atoms with Gasteiger partial charge in [0.05, 0.1) is 12.7 Å². The lowest BCUT2D eigenvalue weighted by Gasteiger charge is -2.23. The quantitative estimate of drug-likeness (QED) is 0.526. The average molecular weight is 433 g/mol. The molecule has 0 aromatic heterocycles. The van der Waals surface area contributed by atoms with E-state index in [1.54, 1.807) is 44.4 Å². The third kappa shape index (κ3) is 4.34. The van der Waals surface area contributed by atoms with Gasteiger partial charge in [-0.15, -0.1) is 5.06 Å². The van der Waals surface area contributed by atoms with Gasteiger partial charge < -0.3 is 19.0 Å². The van der Waals surface area contributed by atoms with Gasteiger partial charge in [-0.1, -0.05) is 24.3 Å². The highest BCUT2D eigenvalue weighted by Gasteiger charge is 2.34. The van der Waals surface area contributed by atoms with E-state index >= 15 is 0 Å². The van der Waals surface area contributed by atoms with Crippen molar-refractivity contribution in [2.75, 3.05) is 20.3 Å². The van der Waals surface area contributed by atoms with Crippen molar-refractivity contribution < 1.29 is 23.8 Å². The van der Waals surface area contributed by atoms with Gasteiger partial charge in [-0.05, 0) is 49.2 Å². The molecule has 0 aliphatic carbocycles. The first-order valence-electron chi connectivity index (χ1n) is 10.1. The van der Waals surface area contributed by atoms with Crippen LogP contribution in [0, 0.1) is 12.3 Å². The smallest absolute Gasteiger partial charge is 0.282 e. The van der Waals surface area contributed by atoms with Crippen LogP contribution in [0.5, 0.6) is 17.2 Å². The predicted molar refractivity (Wildman–Crippen MR) is 120 cm³/mol. The molecule has 2 aliphatic rings. The molecular formula is C24H23N3O5. The van der Waals surface area contributed by atoms with Crippen molar-refractivity contribution in [2.45, 2.75) is 13.8 Å². The van der Waals surface area contributed by atoms with Gasteiger partial charge in [-0.2, -0.15) is 4.99 Å². The minimum atomic E-state index is -0.497. The Bertz CT molecular complexity index is 1170. The second-order valence-electron chi connectivity index (χ2n) is 7.20. The molecule has 4 rings (SSSR count). The summed E-state index contributed by atoms with van der Waals surface area (Å²) >= 11 is 0. The highest BCUT2D eigenvalue weighted by Crippen LogP contribution is 2.30. The van der Waals surface area contributed by atoms with Crippen LogP contribution in [0.2, 0.25) is 0 Å². The van der Waals surface area contributed by atoms with E-state index in [1.165, 1.54) is 5.06 Å². The summed E-state index contributed by atoms with van der Waals surface area (Å²) in [6.45, 7) is 4.44. The molecule has 0 atom stereocenters. The largest absolute Gasteiger partial charge is 0.493 e. The lowest BCUT2D eigenvalue weighted by atomic mass is 10.1. The zero-order valence-electron chi connectivity index (χ0n) is 18.0. The number of hydrogen-bond acceptors (Lipinski definition) is 6. The van der Waals surface area contributed by atoms with Gasteiger partial charge in [0, 0.05) is 6.08 Å². The zero-order valence-corrected chi connectivity index (χ0v) is 18.0. The number of hydroxylamine groups is 2. The maximum atomic E-state index is 12.4. The Morgan fingerprint density at radius 3 is 2.56 bits per heavy atom. The minimum Gasteiger partial charge on any atom is -0.493 e. The Balaban J connectivity index is 1.44. The molecule has 1 amide bonds. The lowest BCUT2D eigenvalue weighted by molar-refractivity contribution is -0.114. The molecule has 2 heterocycles. The van der Waals surface area contributed by atoms with E-state index in [1.807, 2.05) is 31.2 Å². The Morgan fingerprint density at radius 1 is 1.06 bits per heavy atom. The van der Waals surface area contributed by atoms with Crippen LogP contribution in [0.3, 0.4) is 0 Å². The molecule has 32 heavy (non-hydrogen) atoms. The van der Waals surface area contributed by atoms with Gasteiger partial charge in [-0.3, -0.25) is 10.2 Å². The van der Waals surface area contributed by atoms with E-state index < -0.39 is 5.91 Å². The number of amidine groups is 2. The molecule has 0 unspecified atom stereocenters. The number of carbonyl (C=O) groups is 1. The molecule has 2 aromatic rings. The zero-order chi connectivity index (χ0) is 22.7. The molecule has 0 bridgehead atoms. The number of para-hydroxylation sites is 1. The minimum absolute atomic E-state index is 0.0688. The SMILES string of the molecule is COc1cc(/C=C2\C(=N)N3OC(C)=CC3=NC2=O)ccc1OCCOc1ccccc1C. The predicted octanol–water partition coefficient (Wildman–Crippen LogP) is 3.91. The summed E-state index contributed by atoms with van der Waals surface area (Å²) in [6, 6.07) is 13.1. The van der Waals surface area contributed by atoms with Crippen LogP contribution in [0.1, 0.15) is 18.1 Å². The molecule has 0 fully saturated rings. The number of benzene rings is 2. The highest BCUT2D eigenvalue weighted by molar-refractivity contribution is 6.32. The maximum absolute atomic E-state index is 12.4. The molecule has 0 radical (unpaired) electrons. The number of carbonyl (C=O) groups excluding carboxylic acids is 1. The second-order valence-corrected chi connectivity index (χ2v) is 7.20. The van der Waals surface area contributed by atoms with Crippen molar-refractivity contribution in [3.8, 4) is 17.2 Å². The van der Waals surface area contributed by atoms with E-state index in [-0.39, 0.29) is 11.4 Å². The highest BCUT2D eigenvalue weighted by atomic mass is 16.7. The number of nitrogens with zero attached hydrogens (tertiary/aromatic N) is 2. The van der Waals surface area contributed by atoms with Crippen molar-refractivity contribution >= 4 is 23.7 Å². The number of aliphatic imine (C=N–C) groups is 1. The van der Waals surface area contributed by atoms with E-state index in [0.29, 0.717) is 41.9 Å². The van der Waals surface area contributed by atoms with Crippen LogP contribution < -0.4 is 14.2 Å². The fourth-order valence-corrected chi connectivity index (χ4v) is 3.28. The third-order valence-corrected chi connectivity index (χ3v) is 4.87. The lowest BCUT2D eigenvalue weighted by Crippen LogP contribution is -2.38. The van der Waals surface area contributed by atoms with E-state index in [2.05, 4.69) is 4.99 Å². The fourth-order valence-electron chi connectivity index (χ4n) is 3.28. The molecular weight excluding hydrogens is 410 g/mol. The van der Waals surface area contributed by atoms with Crippen molar-refractivity contribution in [1.29, 1.82) is 5.41 Å². The van der Waals surface area contributed by atoms with Crippen LogP contribution in [-0.2, 0) is 9.63 Å². The summed E-state index contributed by atoms with van der Waals surface area (Å²) in [4.78, 5) is 21.8. The first-order valence-corrected chi connectivity index (χ1v) is 10.1. The number of rotatable bonds is 7. The molecule has 164 valence electrons. The summed E-state index contributed by atoms with van der Waals surface area (Å²) in [7, 11) is 1.54. The Hall–Kier alpha value is -4.07. The summed E-state index contributed by atoms with van der Waals surface area (Å²) in [5, 5.41) is 9.54. The summed E-state index contributed by atoms with van der Waals surface area (Å²) in [5.74, 6) is 2.19. The maximum Gasteiger partial charge on any atom is 0.282 e. The van der Waals surface area contributed by atoms with Crippen molar-refractivity contribution in [2.24, 2.45) is 4.99 Å². The van der Waals surface area contributed by atoms with E-state index in [0.717, 1.165) is 11.3 Å². The molecule has 2 aliphatic heterocycles. The van der Waals surface area contributed by atoms with E-state index in [4.69, 9.17) is 24.5 Å². The molecule has 0 saturated carbocycles. The molecule has 2 aromatic carbocycles. The second kappa shape index (κ2) is 8.97. The first-order chi connectivity index (χ1) is 15.5. The van der Waals surface area contributed by atoms with Gasteiger partial charge in [-0.25, -0.2) is 0 Å². The van der Waals surface area contributed by atoms with Gasteiger partial charge in [0.15, 0.2) is 23.2 Å².